The fraction of sp³-hybridized carbons (Fsp3) is 0.129. The smallest absolute Gasteiger partial charge is 0.277 e. The van der Waals surface area contributed by atoms with Gasteiger partial charge in [-0.1, -0.05) is 47.5 Å². The highest BCUT2D eigenvalue weighted by Crippen LogP contribution is 2.25. The van der Waals surface area contributed by atoms with E-state index in [0.29, 0.717) is 27.9 Å². The summed E-state index contributed by atoms with van der Waals surface area (Å²) < 4.78 is 13.7. The van der Waals surface area contributed by atoms with E-state index < -0.39 is 0 Å². The van der Waals surface area contributed by atoms with Gasteiger partial charge in [0.25, 0.3) is 5.91 Å². The van der Waals surface area contributed by atoms with Gasteiger partial charge in [0.15, 0.2) is 6.61 Å². The number of nitrogens with one attached hydrogen (secondary N) is 1. The van der Waals surface area contributed by atoms with Gasteiger partial charge in [-0.25, -0.2) is 5.43 Å². The van der Waals surface area contributed by atoms with Crippen molar-refractivity contribution in [1.29, 1.82) is 0 Å². The van der Waals surface area contributed by atoms with Crippen LogP contribution in [0.2, 0.25) is 10.0 Å². The number of aryl methyl sites for hydroxylation is 1. The first-order chi connectivity index (χ1) is 19.4. The van der Waals surface area contributed by atoms with E-state index in [9.17, 15) is 4.79 Å². The van der Waals surface area contributed by atoms with Crippen molar-refractivity contribution in [1.82, 2.24) is 15.0 Å². The number of fused-ring (bicyclic) bond motifs is 1. The van der Waals surface area contributed by atoms with E-state index in [1.54, 1.807) is 30.6 Å². The molecule has 9 heteroatoms. The van der Waals surface area contributed by atoms with E-state index >= 15 is 0 Å². The Labute approximate surface area is 242 Å². The molecule has 5 aromatic rings. The van der Waals surface area contributed by atoms with Crippen molar-refractivity contribution in [2.24, 2.45) is 5.10 Å². The monoisotopic (exact) mass is 572 g/mol. The summed E-state index contributed by atoms with van der Waals surface area (Å²) in [5, 5.41) is 6.24. The number of hydrogen-bond donors (Lipinski definition) is 1. The molecule has 0 aliphatic rings. The second-order valence-corrected chi connectivity index (χ2v) is 9.94. The van der Waals surface area contributed by atoms with Gasteiger partial charge in [-0.15, -0.1) is 0 Å². The number of hydrazone groups is 1. The van der Waals surface area contributed by atoms with Crippen molar-refractivity contribution in [3.05, 3.63) is 118 Å². The van der Waals surface area contributed by atoms with Crippen LogP contribution >= 0.6 is 23.2 Å². The summed E-state index contributed by atoms with van der Waals surface area (Å²) in [6, 6.07) is 24.5. The minimum atomic E-state index is -0.367. The van der Waals surface area contributed by atoms with E-state index in [1.165, 1.54) is 0 Å². The van der Waals surface area contributed by atoms with E-state index in [1.807, 2.05) is 74.5 Å². The minimum Gasteiger partial charge on any atom is -0.489 e. The molecule has 3 aromatic carbocycles. The summed E-state index contributed by atoms with van der Waals surface area (Å²) >= 11 is 12.2. The molecule has 7 nitrogen and oxygen atoms in total. The Kier molecular flexibility index (Phi) is 8.34. The molecular weight excluding hydrogens is 547 g/mol. The predicted octanol–water partition coefficient (Wildman–Crippen LogP) is 7.06. The van der Waals surface area contributed by atoms with Gasteiger partial charge in [0.2, 0.25) is 0 Å². The quantitative estimate of drug-likeness (QED) is 0.151. The molecule has 5 rings (SSSR count). The van der Waals surface area contributed by atoms with Crippen LogP contribution in [0.4, 0.5) is 0 Å². The molecule has 0 bridgehead atoms. The van der Waals surface area contributed by atoms with Gasteiger partial charge in [0.05, 0.1) is 6.21 Å². The number of carbonyl (C=O) groups excluding carboxylic acids is 1. The first-order valence-corrected chi connectivity index (χ1v) is 13.3. The molecule has 0 fully saturated rings. The van der Waals surface area contributed by atoms with Crippen molar-refractivity contribution >= 4 is 46.2 Å². The van der Waals surface area contributed by atoms with Crippen LogP contribution in [0.25, 0.3) is 16.6 Å². The molecule has 40 heavy (non-hydrogen) atoms. The van der Waals surface area contributed by atoms with Gasteiger partial charge in [-0.3, -0.25) is 9.78 Å². The maximum atomic E-state index is 12.3. The molecule has 1 amide bonds. The van der Waals surface area contributed by atoms with Gasteiger partial charge < -0.3 is 14.0 Å². The largest absolute Gasteiger partial charge is 0.489 e. The van der Waals surface area contributed by atoms with Gasteiger partial charge in [0, 0.05) is 49.8 Å². The Hall–Kier alpha value is -4.33. The van der Waals surface area contributed by atoms with Gasteiger partial charge >= 0.3 is 0 Å². The van der Waals surface area contributed by atoms with Gasteiger partial charge in [0.1, 0.15) is 23.6 Å². The van der Waals surface area contributed by atoms with Crippen LogP contribution in [0.5, 0.6) is 11.5 Å². The lowest BCUT2D eigenvalue weighted by atomic mass is 10.2. The van der Waals surface area contributed by atoms with E-state index in [-0.39, 0.29) is 12.5 Å². The molecule has 0 spiro atoms. The zero-order valence-corrected chi connectivity index (χ0v) is 23.4. The number of amides is 1. The van der Waals surface area contributed by atoms with Crippen molar-refractivity contribution in [3.8, 4) is 17.2 Å². The minimum absolute atomic E-state index is 0.176. The van der Waals surface area contributed by atoms with Crippen molar-refractivity contribution in [3.63, 3.8) is 0 Å². The molecule has 0 saturated heterocycles. The van der Waals surface area contributed by atoms with Crippen LogP contribution < -0.4 is 14.9 Å². The normalized spacial score (nSPS) is 11.2. The van der Waals surface area contributed by atoms with Gasteiger partial charge in [-0.2, -0.15) is 5.10 Å². The Morgan fingerprint density at radius 2 is 1.80 bits per heavy atom. The highest BCUT2D eigenvalue weighted by atomic mass is 35.5. The van der Waals surface area contributed by atoms with E-state index in [0.717, 1.165) is 39.3 Å². The average molecular weight is 573 g/mol. The Bertz CT molecular complexity index is 1690. The molecule has 0 saturated carbocycles. The molecule has 202 valence electrons. The fourth-order valence-corrected chi connectivity index (χ4v) is 4.81. The van der Waals surface area contributed by atoms with Gasteiger partial charge in [-0.05, 0) is 68.4 Å². The maximum Gasteiger partial charge on any atom is 0.277 e. The number of para-hydroxylation sites is 1. The predicted molar refractivity (Wildman–Crippen MR) is 159 cm³/mol. The number of benzene rings is 3. The first kappa shape index (κ1) is 27.2. The second-order valence-electron chi connectivity index (χ2n) is 9.09. The van der Waals surface area contributed by atoms with Crippen LogP contribution in [0.3, 0.4) is 0 Å². The highest BCUT2D eigenvalue weighted by Gasteiger charge is 2.11. The molecule has 0 aliphatic heterocycles. The zero-order chi connectivity index (χ0) is 28.1. The SMILES string of the molecule is Cc1cc(/C=N/NC(=O)COc2cccc3cccnc23)c(C)n1-c1ccc(OCc2ccc(Cl)cc2Cl)cc1. The fourth-order valence-electron chi connectivity index (χ4n) is 4.35. The molecule has 1 N–H and O–H groups in total. The van der Waals surface area contributed by atoms with Crippen molar-refractivity contribution in [2.75, 3.05) is 6.61 Å². The van der Waals surface area contributed by atoms with Crippen molar-refractivity contribution in [2.45, 2.75) is 20.5 Å². The Morgan fingerprint density at radius 1 is 1.00 bits per heavy atom. The molecule has 2 aromatic heterocycles. The lowest BCUT2D eigenvalue weighted by Gasteiger charge is -2.12. The summed E-state index contributed by atoms with van der Waals surface area (Å²) in [7, 11) is 0. The third-order valence-corrected chi connectivity index (χ3v) is 6.91. The number of ether oxygens (including phenoxy) is 2. The Morgan fingerprint density at radius 3 is 2.60 bits per heavy atom. The lowest BCUT2D eigenvalue weighted by molar-refractivity contribution is -0.123. The summed E-state index contributed by atoms with van der Waals surface area (Å²) in [5.41, 5.74) is 7.97. The highest BCUT2D eigenvalue weighted by molar-refractivity contribution is 6.35. The summed E-state index contributed by atoms with van der Waals surface area (Å²) in [6.45, 7) is 4.18. The lowest BCUT2D eigenvalue weighted by Crippen LogP contribution is -2.24. The molecule has 2 heterocycles. The molecule has 0 aliphatic carbocycles. The van der Waals surface area contributed by atoms with Crippen LogP contribution in [-0.2, 0) is 11.4 Å². The van der Waals surface area contributed by atoms with E-state index in [4.69, 9.17) is 32.7 Å². The van der Waals surface area contributed by atoms with Crippen LogP contribution in [0.1, 0.15) is 22.5 Å². The number of carbonyl (C=O) groups is 1. The number of halogens is 2. The first-order valence-electron chi connectivity index (χ1n) is 12.5. The van der Waals surface area contributed by atoms with Crippen molar-refractivity contribution < 1.29 is 14.3 Å². The number of rotatable bonds is 9. The number of nitrogens with zero attached hydrogens (tertiary/aromatic N) is 3. The van der Waals surface area contributed by atoms with Crippen LogP contribution in [-0.4, -0.2) is 28.3 Å². The molecular formula is C31H26Cl2N4O3. The third-order valence-electron chi connectivity index (χ3n) is 6.32. The maximum absolute atomic E-state index is 12.3. The number of aromatic nitrogens is 2. The summed E-state index contributed by atoms with van der Waals surface area (Å²) in [5.74, 6) is 0.905. The molecule has 0 radical (unpaired) electrons. The topological polar surface area (TPSA) is 77.7 Å². The summed E-state index contributed by atoms with van der Waals surface area (Å²) in [4.78, 5) is 16.7. The second kappa shape index (κ2) is 12.2. The number of pyridine rings is 1. The zero-order valence-electron chi connectivity index (χ0n) is 21.9. The average Bonchev–Trinajstić information content (AvgIpc) is 3.24. The molecule has 0 unspecified atom stereocenters. The van der Waals surface area contributed by atoms with E-state index in [2.05, 4.69) is 20.1 Å². The van der Waals surface area contributed by atoms with Crippen LogP contribution in [0.15, 0.2) is 90.2 Å². The number of hydrogen-bond acceptors (Lipinski definition) is 5. The van der Waals surface area contributed by atoms with Crippen LogP contribution in [0, 0.1) is 13.8 Å². The summed E-state index contributed by atoms with van der Waals surface area (Å²) in [6.07, 6.45) is 3.32. The third kappa shape index (κ3) is 6.28. The molecule has 0 atom stereocenters. The standard InChI is InChI=1S/C31H26Cl2N4O3/c1-20-15-24(17-35-36-30(38)19-40-29-7-3-5-22-6-4-14-34-31(22)29)21(2)37(20)26-10-12-27(13-11-26)39-18-23-8-9-25(32)16-28(23)33/h3-17H,18-19H2,1-2H3,(H,36,38)/b35-17+. The Balaban J connectivity index is 1.19.